The Bertz CT molecular complexity index is 502. The van der Waals surface area contributed by atoms with Gasteiger partial charge in [0.15, 0.2) is 0 Å². The van der Waals surface area contributed by atoms with Gasteiger partial charge in [0, 0.05) is 26.0 Å². The van der Waals surface area contributed by atoms with Gasteiger partial charge in [-0.05, 0) is 18.6 Å². The molecule has 1 atom stereocenters. The quantitative estimate of drug-likeness (QED) is 0.705. The van der Waals surface area contributed by atoms with E-state index in [1.165, 1.54) is 0 Å². The van der Waals surface area contributed by atoms with Gasteiger partial charge < -0.3 is 19.8 Å². The van der Waals surface area contributed by atoms with Crippen LogP contribution >= 0.6 is 0 Å². The zero-order chi connectivity index (χ0) is 14.2. The summed E-state index contributed by atoms with van der Waals surface area (Å²) in [7, 11) is 1.66. The lowest BCUT2D eigenvalue weighted by Gasteiger charge is -2.10. The summed E-state index contributed by atoms with van der Waals surface area (Å²) in [6, 6.07) is 4.35. The lowest BCUT2D eigenvalue weighted by atomic mass is 10.1. The second kappa shape index (κ2) is 7.56. The van der Waals surface area contributed by atoms with Crippen LogP contribution in [0.3, 0.4) is 0 Å². The van der Waals surface area contributed by atoms with Crippen molar-refractivity contribution >= 4 is 6.01 Å². The van der Waals surface area contributed by atoms with Gasteiger partial charge in [0.25, 0.3) is 0 Å². The molecular formula is C13H19N5O2. The molecule has 0 fully saturated rings. The van der Waals surface area contributed by atoms with Crippen molar-refractivity contribution in [1.29, 1.82) is 0 Å². The van der Waals surface area contributed by atoms with Crippen LogP contribution in [0, 0.1) is 0 Å². The number of rotatable bonds is 8. The predicted octanol–water partition coefficient (Wildman–Crippen LogP) is 1.37. The van der Waals surface area contributed by atoms with Crippen LogP contribution in [0.2, 0.25) is 0 Å². The third-order valence-corrected chi connectivity index (χ3v) is 2.75. The third kappa shape index (κ3) is 4.29. The van der Waals surface area contributed by atoms with E-state index in [1.807, 2.05) is 19.1 Å². The first-order valence-corrected chi connectivity index (χ1v) is 6.48. The average Bonchev–Trinajstić information content (AvgIpc) is 2.92. The maximum atomic E-state index is 5.50. The first-order chi connectivity index (χ1) is 9.79. The zero-order valence-corrected chi connectivity index (χ0v) is 11.7. The van der Waals surface area contributed by atoms with Gasteiger partial charge in [-0.25, -0.2) is 0 Å². The van der Waals surface area contributed by atoms with E-state index < -0.39 is 0 Å². The molecule has 20 heavy (non-hydrogen) atoms. The first-order valence-electron chi connectivity index (χ1n) is 6.48. The molecule has 0 bridgehead atoms. The summed E-state index contributed by atoms with van der Waals surface area (Å²) in [4.78, 5) is 4.08. The number of pyridine rings is 1. The smallest absolute Gasteiger partial charge is 0.315 e. The fourth-order valence-electron chi connectivity index (χ4n) is 1.65. The molecule has 7 heteroatoms. The van der Waals surface area contributed by atoms with Crippen molar-refractivity contribution in [2.45, 2.75) is 19.5 Å². The molecule has 108 valence electrons. The fourth-order valence-corrected chi connectivity index (χ4v) is 1.65. The molecule has 0 aliphatic carbocycles. The molecule has 0 aliphatic rings. The van der Waals surface area contributed by atoms with Gasteiger partial charge in [0.2, 0.25) is 5.89 Å². The molecule has 7 nitrogen and oxygen atoms in total. The van der Waals surface area contributed by atoms with E-state index in [2.05, 4.69) is 25.8 Å². The summed E-state index contributed by atoms with van der Waals surface area (Å²) in [5.74, 6) is 0.544. The third-order valence-electron chi connectivity index (χ3n) is 2.75. The van der Waals surface area contributed by atoms with Crippen LogP contribution in [0.4, 0.5) is 6.01 Å². The number of methoxy groups -OCH3 is 1. The van der Waals surface area contributed by atoms with Gasteiger partial charge in [0.05, 0.1) is 19.2 Å². The van der Waals surface area contributed by atoms with Crippen molar-refractivity contribution in [3.8, 4) is 0 Å². The Hall–Kier alpha value is -1.99. The van der Waals surface area contributed by atoms with Crippen molar-refractivity contribution in [1.82, 2.24) is 20.5 Å². The number of anilines is 1. The van der Waals surface area contributed by atoms with E-state index in [0.717, 1.165) is 12.1 Å². The van der Waals surface area contributed by atoms with E-state index in [-0.39, 0.29) is 6.04 Å². The van der Waals surface area contributed by atoms with Crippen LogP contribution in [-0.4, -0.2) is 35.4 Å². The highest BCUT2D eigenvalue weighted by Crippen LogP contribution is 2.16. The lowest BCUT2D eigenvalue weighted by Crippen LogP contribution is -2.18. The molecule has 0 spiro atoms. The van der Waals surface area contributed by atoms with E-state index in [1.54, 1.807) is 19.5 Å². The van der Waals surface area contributed by atoms with E-state index in [4.69, 9.17) is 9.15 Å². The van der Waals surface area contributed by atoms with Gasteiger partial charge in [-0.2, -0.15) is 0 Å². The molecule has 2 rings (SSSR count). The molecule has 2 heterocycles. The molecule has 0 saturated heterocycles. The van der Waals surface area contributed by atoms with Crippen LogP contribution in [0.5, 0.6) is 0 Å². The second-order valence-electron chi connectivity index (χ2n) is 4.32. The summed E-state index contributed by atoms with van der Waals surface area (Å²) < 4.78 is 10.4. The Morgan fingerprint density at radius 2 is 2.30 bits per heavy atom. The molecule has 2 aromatic rings. The Kier molecular flexibility index (Phi) is 5.45. The second-order valence-corrected chi connectivity index (χ2v) is 4.32. The van der Waals surface area contributed by atoms with E-state index in [0.29, 0.717) is 25.1 Å². The molecule has 0 radical (unpaired) electrons. The highest BCUT2D eigenvalue weighted by atomic mass is 16.5. The minimum absolute atomic E-state index is 0.0541. The zero-order valence-electron chi connectivity index (χ0n) is 11.7. The highest BCUT2D eigenvalue weighted by Gasteiger charge is 2.10. The predicted molar refractivity (Wildman–Crippen MR) is 74.2 cm³/mol. The SMILES string of the molecule is COCCNCc1nnc(NC(C)c2cccnc2)o1. The lowest BCUT2D eigenvalue weighted by molar-refractivity contribution is 0.198. The highest BCUT2D eigenvalue weighted by molar-refractivity contribution is 5.26. The molecule has 2 N–H and O–H groups in total. The maximum absolute atomic E-state index is 5.50. The normalized spacial score (nSPS) is 12.3. The van der Waals surface area contributed by atoms with Crippen molar-refractivity contribution in [2.75, 3.05) is 25.6 Å². The maximum Gasteiger partial charge on any atom is 0.315 e. The first kappa shape index (κ1) is 14.4. The minimum atomic E-state index is 0.0541. The summed E-state index contributed by atoms with van der Waals surface area (Å²) in [6.45, 7) is 3.93. The van der Waals surface area contributed by atoms with Gasteiger partial charge >= 0.3 is 6.01 Å². The van der Waals surface area contributed by atoms with Crippen LogP contribution < -0.4 is 10.6 Å². The summed E-state index contributed by atoms with van der Waals surface area (Å²) in [5.41, 5.74) is 1.06. The summed E-state index contributed by atoms with van der Waals surface area (Å²) in [5, 5.41) is 14.2. The molecule has 0 amide bonds. The Labute approximate surface area is 117 Å². The van der Waals surface area contributed by atoms with Gasteiger partial charge in [0.1, 0.15) is 0 Å². The topological polar surface area (TPSA) is 85.1 Å². The van der Waals surface area contributed by atoms with Crippen molar-refractivity contribution < 1.29 is 9.15 Å². The molecule has 0 saturated carbocycles. The monoisotopic (exact) mass is 277 g/mol. The van der Waals surface area contributed by atoms with Gasteiger partial charge in [-0.3, -0.25) is 4.98 Å². The minimum Gasteiger partial charge on any atom is -0.407 e. The number of nitrogens with zero attached hydrogens (tertiary/aromatic N) is 3. The average molecular weight is 277 g/mol. The van der Waals surface area contributed by atoms with Crippen molar-refractivity contribution in [3.63, 3.8) is 0 Å². The van der Waals surface area contributed by atoms with Gasteiger partial charge in [-0.1, -0.05) is 11.2 Å². The van der Waals surface area contributed by atoms with E-state index >= 15 is 0 Å². The standard InChI is InChI=1S/C13H19N5O2/c1-10(11-4-3-5-14-8-11)16-13-18-17-12(20-13)9-15-6-7-19-2/h3-5,8,10,15H,6-7,9H2,1-2H3,(H,16,18). The molecule has 1 unspecified atom stereocenters. The summed E-state index contributed by atoms with van der Waals surface area (Å²) >= 11 is 0. The number of aromatic nitrogens is 3. The largest absolute Gasteiger partial charge is 0.407 e. The Morgan fingerprint density at radius 1 is 1.40 bits per heavy atom. The van der Waals surface area contributed by atoms with Crippen molar-refractivity contribution in [3.05, 3.63) is 36.0 Å². The van der Waals surface area contributed by atoms with Crippen LogP contribution in [0.25, 0.3) is 0 Å². The van der Waals surface area contributed by atoms with Crippen LogP contribution in [0.15, 0.2) is 28.9 Å². The van der Waals surface area contributed by atoms with Crippen LogP contribution in [0.1, 0.15) is 24.4 Å². The number of nitrogens with one attached hydrogen (secondary N) is 2. The molecule has 2 aromatic heterocycles. The summed E-state index contributed by atoms with van der Waals surface area (Å²) in [6.07, 6.45) is 3.55. The van der Waals surface area contributed by atoms with Crippen LogP contribution in [-0.2, 0) is 11.3 Å². The Morgan fingerprint density at radius 3 is 3.05 bits per heavy atom. The van der Waals surface area contributed by atoms with Crippen molar-refractivity contribution in [2.24, 2.45) is 0 Å². The Balaban J connectivity index is 1.83. The molecule has 0 aromatic carbocycles. The fraction of sp³-hybridized carbons (Fsp3) is 0.462. The molecule has 0 aliphatic heterocycles. The molecular weight excluding hydrogens is 258 g/mol. The van der Waals surface area contributed by atoms with E-state index in [9.17, 15) is 0 Å². The van der Waals surface area contributed by atoms with Gasteiger partial charge in [-0.15, -0.1) is 5.10 Å². The number of hydrogen-bond donors (Lipinski definition) is 2. The number of hydrogen-bond acceptors (Lipinski definition) is 7. The number of ether oxygens (including phenoxy) is 1.